The number of nitrogens with zero attached hydrogens (tertiary/aromatic N) is 2. The van der Waals surface area contributed by atoms with Crippen LogP contribution in [-0.4, -0.2) is 51.8 Å². The zero-order valence-corrected chi connectivity index (χ0v) is 13.5. The Balaban J connectivity index is 2.13. The van der Waals surface area contributed by atoms with E-state index in [0.717, 1.165) is 11.1 Å². The van der Waals surface area contributed by atoms with E-state index in [9.17, 15) is 14.4 Å². The van der Waals surface area contributed by atoms with Gasteiger partial charge in [-0.05, 0) is 25.8 Å². The number of carboxylic acid groups (broad SMARTS) is 1. The molecular formula is C17H22N2O4. The topological polar surface area (TPSA) is 77.9 Å². The summed E-state index contributed by atoms with van der Waals surface area (Å²) in [4.78, 5) is 38.4. The maximum Gasteiger partial charge on any atom is 0.323 e. The number of hydrogen-bond acceptors (Lipinski definition) is 3. The number of carboxylic acids is 1. The van der Waals surface area contributed by atoms with Gasteiger partial charge >= 0.3 is 5.97 Å². The lowest BCUT2D eigenvalue weighted by Gasteiger charge is -2.29. The molecule has 0 spiro atoms. The molecule has 1 atom stereocenters. The molecular weight excluding hydrogens is 296 g/mol. The number of rotatable bonds is 6. The molecule has 1 aliphatic heterocycles. The molecule has 6 nitrogen and oxygen atoms in total. The Bertz CT molecular complexity index is 597. The monoisotopic (exact) mass is 318 g/mol. The molecule has 0 saturated carbocycles. The van der Waals surface area contributed by atoms with Crippen LogP contribution in [0.1, 0.15) is 30.9 Å². The standard InChI is InChI=1S/C17H22N2O4/c1-3-18(11-16(21)22)17(23)14-8-9-15(20)19(14)10-13-6-4-12(2)5-7-13/h4-7,14H,3,8-11H2,1-2H3,(H,21,22). The van der Waals surface area contributed by atoms with Crippen LogP contribution in [0.15, 0.2) is 24.3 Å². The second-order valence-corrected chi connectivity index (χ2v) is 5.81. The highest BCUT2D eigenvalue weighted by Crippen LogP contribution is 2.23. The second kappa shape index (κ2) is 7.26. The summed E-state index contributed by atoms with van der Waals surface area (Å²) in [5, 5.41) is 8.91. The molecule has 6 heteroatoms. The molecule has 0 radical (unpaired) electrons. The van der Waals surface area contributed by atoms with Gasteiger partial charge in [0.15, 0.2) is 0 Å². The molecule has 1 heterocycles. The maximum absolute atomic E-state index is 12.6. The first kappa shape index (κ1) is 17.0. The van der Waals surface area contributed by atoms with Crippen molar-refractivity contribution in [1.82, 2.24) is 9.80 Å². The quantitative estimate of drug-likeness (QED) is 0.860. The van der Waals surface area contributed by atoms with E-state index in [4.69, 9.17) is 5.11 Å². The van der Waals surface area contributed by atoms with Gasteiger partial charge in [-0.15, -0.1) is 0 Å². The van der Waals surface area contributed by atoms with Gasteiger partial charge in [0.1, 0.15) is 12.6 Å². The average Bonchev–Trinajstić information content (AvgIpc) is 2.87. The molecule has 2 amide bonds. The predicted molar refractivity (Wildman–Crippen MR) is 84.6 cm³/mol. The lowest BCUT2D eigenvalue weighted by atomic mass is 10.1. The van der Waals surface area contributed by atoms with Crippen LogP contribution in [0.25, 0.3) is 0 Å². The van der Waals surface area contributed by atoms with Crippen molar-refractivity contribution < 1.29 is 19.5 Å². The van der Waals surface area contributed by atoms with E-state index in [1.54, 1.807) is 11.8 Å². The Labute approximate surface area is 135 Å². The van der Waals surface area contributed by atoms with E-state index in [0.29, 0.717) is 25.9 Å². The molecule has 124 valence electrons. The number of amides is 2. The van der Waals surface area contributed by atoms with Gasteiger partial charge in [-0.1, -0.05) is 29.8 Å². The first-order valence-corrected chi connectivity index (χ1v) is 7.78. The van der Waals surface area contributed by atoms with Gasteiger partial charge in [0.2, 0.25) is 11.8 Å². The van der Waals surface area contributed by atoms with Crippen LogP contribution in [0, 0.1) is 6.92 Å². The second-order valence-electron chi connectivity index (χ2n) is 5.81. The highest BCUT2D eigenvalue weighted by molar-refractivity contribution is 5.92. The summed E-state index contributed by atoms with van der Waals surface area (Å²) >= 11 is 0. The molecule has 1 aromatic carbocycles. The van der Waals surface area contributed by atoms with Crippen LogP contribution < -0.4 is 0 Å². The van der Waals surface area contributed by atoms with Gasteiger partial charge in [0, 0.05) is 19.5 Å². The number of aryl methyl sites for hydroxylation is 1. The Hall–Kier alpha value is -2.37. The average molecular weight is 318 g/mol. The molecule has 1 aliphatic rings. The fourth-order valence-corrected chi connectivity index (χ4v) is 2.80. The van der Waals surface area contributed by atoms with Crippen molar-refractivity contribution >= 4 is 17.8 Å². The molecule has 0 aromatic heterocycles. The minimum Gasteiger partial charge on any atom is -0.480 e. The van der Waals surface area contributed by atoms with Gasteiger partial charge in [-0.25, -0.2) is 0 Å². The SMILES string of the molecule is CCN(CC(=O)O)C(=O)C1CCC(=O)N1Cc1ccc(C)cc1. The van der Waals surface area contributed by atoms with Crippen molar-refractivity contribution in [3.05, 3.63) is 35.4 Å². The maximum atomic E-state index is 12.6. The van der Waals surface area contributed by atoms with Crippen LogP contribution in [0.4, 0.5) is 0 Å². The van der Waals surface area contributed by atoms with Gasteiger partial charge in [-0.3, -0.25) is 14.4 Å². The molecule has 0 aliphatic carbocycles. The summed E-state index contributed by atoms with van der Waals surface area (Å²) in [6.07, 6.45) is 0.770. The normalized spacial score (nSPS) is 17.4. The largest absolute Gasteiger partial charge is 0.480 e. The molecule has 1 fully saturated rings. The summed E-state index contributed by atoms with van der Waals surface area (Å²) in [5.41, 5.74) is 2.10. The third kappa shape index (κ3) is 4.09. The highest BCUT2D eigenvalue weighted by Gasteiger charge is 2.38. The fourth-order valence-electron chi connectivity index (χ4n) is 2.80. The molecule has 2 rings (SSSR count). The predicted octanol–water partition coefficient (Wildman–Crippen LogP) is 1.42. The first-order valence-electron chi connectivity index (χ1n) is 7.78. The zero-order valence-electron chi connectivity index (χ0n) is 13.5. The van der Waals surface area contributed by atoms with Gasteiger partial charge in [0.25, 0.3) is 0 Å². The molecule has 0 bridgehead atoms. The molecule has 1 aromatic rings. The number of carbonyl (C=O) groups excluding carboxylic acids is 2. The fraction of sp³-hybridized carbons (Fsp3) is 0.471. The molecule has 1 unspecified atom stereocenters. The van der Waals surface area contributed by atoms with Crippen LogP contribution in [0.5, 0.6) is 0 Å². The summed E-state index contributed by atoms with van der Waals surface area (Å²) in [6.45, 7) is 4.08. The first-order chi connectivity index (χ1) is 10.9. The number of hydrogen-bond donors (Lipinski definition) is 1. The molecule has 1 saturated heterocycles. The number of likely N-dealkylation sites (tertiary alicyclic amines) is 1. The van der Waals surface area contributed by atoms with E-state index in [1.165, 1.54) is 4.90 Å². The smallest absolute Gasteiger partial charge is 0.323 e. The Kier molecular flexibility index (Phi) is 5.36. The number of benzene rings is 1. The van der Waals surface area contributed by atoms with Crippen molar-refractivity contribution in [1.29, 1.82) is 0 Å². The van der Waals surface area contributed by atoms with Crippen LogP contribution >= 0.6 is 0 Å². The van der Waals surface area contributed by atoms with Crippen molar-refractivity contribution in [2.24, 2.45) is 0 Å². The van der Waals surface area contributed by atoms with Crippen molar-refractivity contribution in [2.45, 2.75) is 39.3 Å². The van der Waals surface area contributed by atoms with E-state index < -0.39 is 12.0 Å². The van der Waals surface area contributed by atoms with Crippen LogP contribution in [0.3, 0.4) is 0 Å². The lowest BCUT2D eigenvalue weighted by molar-refractivity contribution is -0.147. The molecule has 1 N–H and O–H groups in total. The zero-order chi connectivity index (χ0) is 17.0. The van der Waals surface area contributed by atoms with E-state index >= 15 is 0 Å². The number of carbonyl (C=O) groups is 3. The van der Waals surface area contributed by atoms with E-state index in [2.05, 4.69) is 0 Å². The summed E-state index contributed by atoms with van der Waals surface area (Å²) in [7, 11) is 0. The van der Waals surface area contributed by atoms with E-state index in [-0.39, 0.29) is 18.4 Å². The van der Waals surface area contributed by atoms with Crippen molar-refractivity contribution in [2.75, 3.05) is 13.1 Å². The number of likely N-dealkylation sites (N-methyl/N-ethyl adjacent to an activating group) is 1. The molecule has 23 heavy (non-hydrogen) atoms. The van der Waals surface area contributed by atoms with Crippen molar-refractivity contribution in [3.8, 4) is 0 Å². The summed E-state index contributed by atoms with van der Waals surface area (Å²) < 4.78 is 0. The highest BCUT2D eigenvalue weighted by atomic mass is 16.4. The van der Waals surface area contributed by atoms with Gasteiger partial charge in [0.05, 0.1) is 0 Å². The Morgan fingerprint density at radius 3 is 2.52 bits per heavy atom. The van der Waals surface area contributed by atoms with E-state index in [1.807, 2.05) is 31.2 Å². The lowest BCUT2D eigenvalue weighted by Crippen LogP contribution is -2.48. The minimum atomic E-state index is -1.05. The van der Waals surface area contributed by atoms with Gasteiger partial charge in [-0.2, -0.15) is 0 Å². The minimum absolute atomic E-state index is 0.0599. The third-order valence-corrected chi connectivity index (χ3v) is 4.11. The summed E-state index contributed by atoms with van der Waals surface area (Å²) in [5.74, 6) is -1.39. The third-order valence-electron chi connectivity index (χ3n) is 4.11. The number of aliphatic carboxylic acids is 1. The van der Waals surface area contributed by atoms with Gasteiger partial charge < -0.3 is 14.9 Å². The summed E-state index contributed by atoms with van der Waals surface area (Å²) in [6, 6.07) is 7.25. The van der Waals surface area contributed by atoms with Crippen molar-refractivity contribution in [3.63, 3.8) is 0 Å². The Morgan fingerprint density at radius 1 is 1.30 bits per heavy atom. The van der Waals surface area contributed by atoms with Crippen LogP contribution in [-0.2, 0) is 20.9 Å². The van der Waals surface area contributed by atoms with Crippen LogP contribution in [0.2, 0.25) is 0 Å². The Morgan fingerprint density at radius 2 is 1.96 bits per heavy atom.